The minimum atomic E-state index is -0.857. The van der Waals surface area contributed by atoms with Crippen LogP contribution in [0.1, 0.15) is 62.8 Å². The molecule has 2 heterocycles. The van der Waals surface area contributed by atoms with E-state index in [0.717, 1.165) is 12.0 Å². The third-order valence-corrected chi connectivity index (χ3v) is 8.55. The van der Waals surface area contributed by atoms with Crippen LogP contribution in [0, 0.1) is 5.92 Å². The van der Waals surface area contributed by atoms with Gasteiger partial charge in [-0.2, -0.15) is 0 Å². The van der Waals surface area contributed by atoms with Crippen LogP contribution in [0.3, 0.4) is 0 Å². The van der Waals surface area contributed by atoms with Crippen LogP contribution in [-0.4, -0.2) is 60.4 Å². The molecule has 4 rings (SSSR count). The van der Waals surface area contributed by atoms with Gasteiger partial charge in [0.15, 0.2) is 0 Å². The molecule has 0 aliphatic carbocycles. The van der Waals surface area contributed by atoms with Crippen molar-refractivity contribution in [2.75, 3.05) is 26.7 Å². The lowest BCUT2D eigenvalue weighted by Crippen LogP contribution is -2.38. The molecular formula is C37H41Cl2N3O4. The van der Waals surface area contributed by atoms with Crippen LogP contribution >= 0.6 is 23.2 Å². The normalized spacial score (nSPS) is 16.9. The summed E-state index contributed by atoms with van der Waals surface area (Å²) in [6, 6.07) is 17.7. The minimum Gasteiger partial charge on any atom is -0.462 e. The molecule has 2 unspecified atom stereocenters. The molecule has 0 N–H and O–H groups in total. The van der Waals surface area contributed by atoms with Crippen LogP contribution in [0.4, 0.5) is 0 Å². The molecule has 2 atom stereocenters. The Morgan fingerprint density at radius 2 is 1.76 bits per heavy atom. The molecule has 0 fully saturated rings. The number of allylic oxidation sites excluding steroid dienone is 1. The fourth-order valence-corrected chi connectivity index (χ4v) is 6.11. The van der Waals surface area contributed by atoms with E-state index in [0.29, 0.717) is 35.1 Å². The highest BCUT2D eigenvalue weighted by Crippen LogP contribution is 2.44. The van der Waals surface area contributed by atoms with Gasteiger partial charge in [0.2, 0.25) is 0 Å². The average molecular weight is 663 g/mol. The lowest BCUT2D eigenvalue weighted by Gasteiger charge is -2.32. The number of pyridine rings is 1. The summed E-state index contributed by atoms with van der Waals surface area (Å²) in [6.45, 7) is 10.5. The standard InChI is InChI=1S/C37H41Cl2N3O4/c1-23(2)46-37(44)33-26(5)41-25(4)32(34(33)30-10-7-11-31(38)35(30)39)36(43)45-18-17-42(6)22-24(3)19-27-12-14-28(15-13-27)20-29-9-8-16-40-21-29/h7-16,19,21,23,33-34H,17-18,20,22H2,1-6H3. The van der Waals surface area contributed by atoms with Crippen LogP contribution in [0.2, 0.25) is 10.0 Å². The van der Waals surface area contributed by atoms with Gasteiger partial charge in [-0.3, -0.25) is 19.7 Å². The first-order valence-corrected chi connectivity index (χ1v) is 16.1. The van der Waals surface area contributed by atoms with Gasteiger partial charge in [-0.05, 0) is 82.5 Å². The molecule has 46 heavy (non-hydrogen) atoms. The van der Waals surface area contributed by atoms with Gasteiger partial charge in [0, 0.05) is 42.8 Å². The van der Waals surface area contributed by atoms with Gasteiger partial charge in [-0.25, -0.2) is 4.79 Å². The number of carbonyl (C=O) groups is 2. The molecular weight excluding hydrogens is 621 g/mol. The molecule has 7 nitrogen and oxygen atoms in total. The predicted molar refractivity (Wildman–Crippen MR) is 185 cm³/mol. The summed E-state index contributed by atoms with van der Waals surface area (Å²) in [5.41, 5.74) is 6.52. The Bertz CT molecular complexity index is 1630. The average Bonchev–Trinajstić information content (AvgIpc) is 2.99. The van der Waals surface area contributed by atoms with E-state index in [1.54, 1.807) is 52.1 Å². The summed E-state index contributed by atoms with van der Waals surface area (Å²) < 4.78 is 11.4. The van der Waals surface area contributed by atoms with Gasteiger partial charge in [0.05, 0.1) is 21.7 Å². The molecule has 2 aromatic carbocycles. The van der Waals surface area contributed by atoms with Crippen molar-refractivity contribution in [2.45, 2.75) is 53.1 Å². The van der Waals surface area contributed by atoms with E-state index < -0.39 is 23.8 Å². The second-order valence-electron chi connectivity index (χ2n) is 12.0. The van der Waals surface area contributed by atoms with Gasteiger partial charge in [-0.1, -0.05) is 77.3 Å². The van der Waals surface area contributed by atoms with Crippen LogP contribution in [0.25, 0.3) is 6.08 Å². The quantitative estimate of drug-likeness (QED) is 0.183. The fraction of sp³-hybridized carbons (Fsp3) is 0.351. The number of aromatic nitrogens is 1. The van der Waals surface area contributed by atoms with Crippen molar-refractivity contribution in [2.24, 2.45) is 10.9 Å². The molecule has 1 aromatic heterocycles. The Labute approximate surface area is 281 Å². The summed E-state index contributed by atoms with van der Waals surface area (Å²) in [6.07, 6.45) is 6.33. The van der Waals surface area contributed by atoms with Crippen molar-refractivity contribution in [3.05, 3.63) is 116 Å². The van der Waals surface area contributed by atoms with Crippen molar-refractivity contribution < 1.29 is 19.1 Å². The molecule has 3 aromatic rings. The van der Waals surface area contributed by atoms with Gasteiger partial charge < -0.3 is 9.47 Å². The molecule has 1 aliphatic rings. The Morgan fingerprint density at radius 1 is 1.02 bits per heavy atom. The Balaban J connectivity index is 1.41. The van der Waals surface area contributed by atoms with E-state index in [2.05, 4.69) is 58.2 Å². The number of esters is 2. The summed E-state index contributed by atoms with van der Waals surface area (Å²) in [4.78, 5) is 37.8. The van der Waals surface area contributed by atoms with E-state index in [4.69, 9.17) is 32.7 Å². The first-order chi connectivity index (χ1) is 21.9. The Hall–Kier alpha value is -3.78. The second kappa shape index (κ2) is 16.2. The number of likely N-dealkylation sites (N-methyl/N-ethyl adjacent to an activating group) is 1. The summed E-state index contributed by atoms with van der Waals surface area (Å²) in [5, 5.41) is 0.598. The van der Waals surface area contributed by atoms with Gasteiger partial charge in [0.1, 0.15) is 12.5 Å². The van der Waals surface area contributed by atoms with Crippen LogP contribution < -0.4 is 0 Å². The summed E-state index contributed by atoms with van der Waals surface area (Å²) >= 11 is 13.0. The third kappa shape index (κ3) is 9.15. The highest BCUT2D eigenvalue weighted by Gasteiger charge is 2.43. The lowest BCUT2D eigenvalue weighted by atomic mass is 9.75. The zero-order valence-electron chi connectivity index (χ0n) is 27.2. The SMILES string of the molecule is CC(=Cc1ccc(Cc2cccnc2)cc1)CN(C)CCOC(=O)C1=C(C)N=C(C)C(C(=O)OC(C)C)C1c1cccc(Cl)c1Cl. The van der Waals surface area contributed by atoms with Crippen LogP contribution in [-0.2, 0) is 25.5 Å². The molecule has 9 heteroatoms. The second-order valence-corrected chi connectivity index (χ2v) is 12.8. The highest BCUT2D eigenvalue weighted by molar-refractivity contribution is 6.42. The van der Waals surface area contributed by atoms with Gasteiger partial charge in [-0.15, -0.1) is 0 Å². The largest absolute Gasteiger partial charge is 0.462 e. The summed E-state index contributed by atoms with van der Waals surface area (Å²) in [5.74, 6) is -2.66. The number of hydrogen-bond acceptors (Lipinski definition) is 7. The third-order valence-electron chi connectivity index (χ3n) is 7.72. The Morgan fingerprint density at radius 3 is 2.43 bits per heavy atom. The van der Waals surface area contributed by atoms with Crippen molar-refractivity contribution in [1.29, 1.82) is 0 Å². The van der Waals surface area contributed by atoms with E-state index in [1.807, 2.05) is 19.3 Å². The number of aliphatic imine (C=N–C) groups is 1. The Kier molecular flexibility index (Phi) is 12.3. The molecule has 0 radical (unpaired) electrons. The zero-order valence-corrected chi connectivity index (χ0v) is 28.7. The van der Waals surface area contributed by atoms with Crippen molar-refractivity contribution in [3.63, 3.8) is 0 Å². The van der Waals surface area contributed by atoms with E-state index >= 15 is 0 Å². The van der Waals surface area contributed by atoms with Crippen molar-refractivity contribution >= 4 is 46.9 Å². The first-order valence-electron chi connectivity index (χ1n) is 15.4. The molecule has 1 aliphatic heterocycles. The van der Waals surface area contributed by atoms with Gasteiger partial charge >= 0.3 is 11.9 Å². The van der Waals surface area contributed by atoms with Crippen molar-refractivity contribution in [1.82, 2.24) is 9.88 Å². The van der Waals surface area contributed by atoms with Gasteiger partial charge in [0.25, 0.3) is 0 Å². The molecule has 0 saturated carbocycles. The van der Waals surface area contributed by atoms with Crippen molar-refractivity contribution in [3.8, 4) is 0 Å². The predicted octanol–water partition coefficient (Wildman–Crippen LogP) is 7.96. The lowest BCUT2D eigenvalue weighted by molar-refractivity contribution is -0.150. The monoisotopic (exact) mass is 661 g/mol. The number of hydrogen-bond donors (Lipinski definition) is 0. The topological polar surface area (TPSA) is 81.1 Å². The minimum absolute atomic E-state index is 0.155. The summed E-state index contributed by atoms with van der Waals surface area (Å²) in [7, 11) is 1.98. The molecule has 0 spiro atoms. The zero-order chi connectivity index (χ0) is 33.4. The number of rotatable bonds is 12. The van der Waals surface area contributed by atoms with E-state index in [1.165, 1.54) is 16.7 Å². The fourth-order valence-electron chi connectivity index (χ4n) is 5.69. The smallest absolute Gasteiger partial charge is 0.336 e. The maximum Gasteiger partial charge on any atom is 0.336 e. The molecule has 0 amide bonds. The number of ether oxygens (including phenoxy) is 2. The molecule has 0 bridgehead atoms. The first kappa shape index (κ1) is 35.1. The van der Waals surface area contributed by atoms with E-state index in [-0.39, 0.29) is 23.3 Å². The van der Waals surface area contributed by atoms with Crippen LogP contribution in [0.15, 0.2) is 88.8 Å². The maximum absolute atomic E-state index is 13.7. The number of benzene rings is 2. The number of carbonyl (C=O) groups excluding carboxylic acids is 2. The maximum atomic E-state index is 13.7. The highest BCUT2D eigenvalue weighted by atomic mass is 35.5. The number of halogens is 2. The van der Waals surface area contributed by atoms with E-state index in [9.17, 15) is 9.59 Å². The molecule has 0 saturated heterocycles. The molecule has 242 valence electrons. The van der Waals surface area contributed by atoms with Crippen LogP contribution in [0.5, 0.6) is 0 Å². The number of nitrogens with zero attached hydrogens (tertiary/aromatic N) is 3.